The molecule has 1 heteroatoms. The van der Waals surface area contributed by atoms with Crippen molar-refractivity contribution in [2.45, 2.75) is 45.6 Å². The van der Waals surface area contributed by atoms with Crippen LogP contribution in [0.25, 0.3) is 6.08 Å². The molecule has 0 aliphatic heterocycles. The lowest BCUT2D eigenvalue weighted by Gasteiger charge is -2.23. The van der Waals surface area contributed by atoms with Crippen molar-refractivity contribution >= 4 is 6.08 Å². The molecule has 120 valence electrons. The van der Waals surface area contributed by atoms with E-state index in [2.05, 4.69) is 87.6 Å². The normalized spacial score (nSPS) is 17.0. The van der Waals surface area contributed by atoms with Gasteiger partial charge in [0.25, 0.3) is 0 Å². The molecule has 1 aliphatic rings. The van der Waals surface area contributed by atoms with E-state index in [0.29, 0.717) is 5.92 Å². The number of hydrogen-bond donors (Lipinski definition) is 1. The molecule has 0 fully saturated rings. The number of benzene rings is 2. The summed E-state index contributed by atoms with van der Waals surface area (Å²) in [7, 11) is 0. The van der Waals surface area contributed by atoms with E-state index in [9.17, 15) is 0 Å². The minimum atomic E-state index is 0.171. The van der Waals surface area contributed by atoms with Crippen molar-refractivity contribution in [3.8, 4) is 0 Å². The van der Waals surface area contributed by atoms with Gasteiger partial charge >= 0.3 is 0 Å². The van der Waals surface area contributed by atoms with Gasteiger partial charge in [-0.1, -0.05) is 60.2 Å². The van der Waals surface area contributed by atoms with Crippen LogP contribution in [0.5, 0.6) is 0 Å². The predicted octanol–water partition coefficient (Wildman–Crippen LogP) is 5.17. The summed E-state index contributed by atoms with van der Waals surface area (Å²) in [6.07, 6.45) is 3.41. The minimum Gasteiger partial charge on any atom is -0.312 e. The first-order valence-electron chi connectivity index (χ1n) is 8.56. The van der Waals surface area contributed by atoms with Crippen LogP contribution < -0.4 is 5.32 Å². The number of allylic oxidation sites excluding steroid dienone is 1. The lowest BCUT2D eigenvalue weighted by molar-refractivity contribution is 0.429. The first-order chi connectivity index (χ1) is 11.0. The molecule has 1 nitrogen and oxygen atoms in total. The predicted molar refractivity (Wildman–Crippen MR) is 99.8 cm³/mol. The third-order valence-corrected chi connectivity index (χ3v) is 4.56. The fourth-order valence-corrected chi connectivity index (χ4v) is 3.51. The van der Waals surface area contributed by atoms with Gasteiger partial charge in [-0.25, -0.2) is 0 Å². The maximum Gasteiger partial charge on any atom is 0.0308 e. The molecule has 0 spiro atoms. The standard InChI is InChI=1S/C22H27N/c1-16-15-18-10-6-8-12-20(18)21(16)19-11-7-5-9-17(19)13-14-23-22(2,3)4/h5-12,15,21,23H,13-14H2,1-4H3. The highest BCUT2D eigenvalue weighted by Crippen LogP contribution is 2.41. The Morgan fingerprint density at radius 2 is 1.57 bits per heavy atom. The summed E-state index contributed by atoms with van der Waals surface area (Å²) in [4.78, 5) is 0. The van der Waals surface area contributed by atoms with Crippen LogP contribution in [0.2, 0.25) is 0 Å². The van der Waals surface area contributed by atoms with Crippen LogP contribution >= 0.6 is 0 Å². The molecule has 0 heterocycles. The third kappa shape index (κ3) is 3.56. The number of hydrogen-bond acceptors (Lipinski definition) is 1. The van der Waals surface area contributed by atoms with Crippen LogP contribution in [-0.4, -0.2) is 12.1 Å². The Kier molecular flexibility index (Phi) is 4.41. The van der Waals surface area contributed by atoms with E-state index in [4.69, 9.17) is 0 Å². The van der Waals surface area contributed by atoms with Crippen LogP contribution in [0.4, 0.5) is 0 Å². The van der Waals surface area contributed by atoms with Gasteiger partial charge in [0.15, 0.2) is 0 Å². The fraction of sp³-hybridized carbons (Fsp3) is 0.364. The number of nitrogens with one attached hydrogen (secondary N) is 1. The molecular weight excluding hydrogens is 278 g/mol. The molecule has 0 saturated heterocycles. The van der Waals surface area contributed by atoms with Gasteiger partial charge < -0.3 is 5.32 Å². The zero-order valence-corrected chi connectivity index (χ0v) is 14.7. The summed E-state index contributed by atoms with van der Waals surface area (Å²) in [5.74, 6) is 0.414. The third-order valence-electron chi connectivity index (χ3n) is 4.56. The highest BCUT2D eigenvalue weighted by atomic mass is 14.9. The van der Waals surface area contributed by atoms with Crippen molar-refractivity contribution in [3.63, 3.8) is 0 Å². The first kappa shape index (κ1) is 16.0. The van der Waals surface area contributed by atoms with E-state index < -0.39 is 0 Å². The Morgan fingerprint density at radius 3 is 2.30 bits per heavy atom. The number of rotatable bonds is 4. The zero-order valence-electron chi connectivity index (χ0n) is 14.7. The van der Waals surface area contributed by atoms with Gasteiger partial charge in [-0.15, -0.1) is 0 Å². The molecule has 1 unspecified atom stereocenters. The van der Waals surface area contributed by atoms with Gasteiger partial charge in [0.1, 0.15) is 0 Å². The van der Waals surface area contributed by atoms with E-state index in [1.54, 1.807) is 0 Å². The molecule has 1 N–H and O–H groups in total. The molecule has 0 saturated carbocycles. The SMILES string of the molecule is CC1=Cc2ccccc2C1c1ccccc1CCNC(C)(C)C. The quantitative estimate of drug-likeness (QED) is 0.822. The topological polar surface area (TPSA) is 12.0 Å². The highest BCUT2D eigenvalue weighted by Gasteiger charge is 2.25. The summed E-state index contributed by atoms with van der Waals surface area (Å²) in [6.45, 7) is 9.93. The second kappa shape index (κ2) is 6.33. The summed E-state index contributed by atoms with van der Waals surface area (Å²) in [5.41, 5.74) is 7.35. The van der Waals surface area contributed by atoms with Gasteiger partial charge in [-0.05, 0) is 62.9 Å². The van der Waals surface area contributed by atoms with Gasteiger partial charge in [0.05, 0.1) is 0 Å². The molecule has 3 rings (SSSR count). The minimum absolute atomic E-state index is 0.171. The molecule has 1 atom stereocenters. The van der Waals surface area contributed by atoms with Crippen molar-refractivity contribution in [1.29, 1.82) is 0 Å². The average Bonchev–Trinajstić information content (AvgIpc) is 2.82. The van der Waals surface area contributed by atoms with Gasteiger partial charge in [-0.2, -0.15) is 0 Å². The lowest BCUT2D eigenvalue weighted by atomic mass is 9.85. The molecule has 1 aliphatic carbocycles. The molecule has 0 amide bonds. The number of fused-ring (bicyclic) bond motifs is 1. The second-order valence-corrected chi connectivity index (χ2v) is 7.58. The molecule has 0 aromatic heterocycles. The monoisotopic (exact) mass is 305 g/mol. The van der Waals surface area contributed by atoms with Crippen LogP contribution in [-0.2, 0) is 6.42 Å². The average molecular weight is 305 g/mol. The van der Waals surface area contributed by atoms with Gasteiger partial charge in [0.2, 0.25) is 0 Å². The molecule has 0 bridgehead atoms. The molecule has 2 aromatic carbocycles. The molecular formula is C22H27N. The van der Waals surface area contributed by atoms with Crippen molar-refractivity contribution < 1.29 is 0 Å². The van der Waals surface area contributed by atoms with E-state index in [1.165, 1.54) is 27.8 Å². The summed E-state index contributed by atoms with van der Waals surface area (Å²) < 4.78 is 0. The Labute approximate surface area is 140 Å². The lowest BCUT2D eigenvalue weighted by Crippen LogP contribution is -2.37. The molecule has 23 heavy (non-hydrogen) atoms. The smallest absolute Gasteiger partial charge is 0.0308 e. The van der Waals surface area contributed by atoms with Crippen molar-refractivity contribution in [2.75, 3.05) is 6.54 Å². The van der Waals surface area contributed by atoms with Crippen LogP contribution in [0.3, 0.4) is 0 Å². The van der Waals surface area contributed by atoms with Crippen molar-refractivity contribution in [2.24, 2.45) is 0 Å². The van der Waals surface area contributed by atoms with E-state index in [1.807, 2.05) is 0 Å². The van der Waals surface area contributed by atoms with Gasteiger partial charge in [0, 0.05) is 11.5 Å². The van der Waals surface area contributed by atoms with Crippen molar-refractivity contribution in [3.05, 3.63) is 76.4 Å². The van der Waals surface area contributed by atoms with E-state index in [0.717, 1.165) is 13.0 Å². The highest BCUT2D eigenvalue weighted by molar-refractivity contribution is 5.69. The van der Waals surface area contributed by atoms with Crippen LogP contribution in [0.1, 0.15) is 55.9 Å². The van der Waals surface area contributed by atoms with E-state index in [-0.39, 0.29) is 5.54 Å². The Hall–Kier alpha value is -1.86. The molecule has 2 aromatic rings. The Morgan fingerprint density at radius 1 is 0.913 bits per heavy atom. The van der Waals surface area contributed by atoms with Crippen LogP contribution in [0.15, 0.2) is 54.1 Å². The molecule has 0 radical (unpaired) electrons. The van der Waals surface area contributed by atoms with Gasteiger partial charge in [-0.3, -0.25) is 0 Å². The Bertz CT molecular complexity index is 719. The summed E-state index contributed by atoms with van der Waals surface area (Å²) >= 11 is 0. The summed E-state index contributed by atoms with van der Waals surface area (Å²) in [6, 6.07) is 17.7. The fourth-order valence-electron chi connectivity index (χ4n) is 3.51. The second-order valence-electron chi connectivity index (χ2n) is 7.58. The Balaban J connectivity index is 1.88. The van der Waals surface area contributed by atoms with E-state index >= 15 is 0 Å². The first-order valence-corrected chi connectivity index (χ1v) is 8.56. The maximum atomic E-state index is 3.60. The summed E-state index contributed by atoms with van der Waals surface area (Å²) in [5, 5.41) is 3.60. The largest absolute Gasteiger partial charge is 0.312 e. The maximum absolute atomic E-state index is 3.60. The van der Waals surface area contributed by atoms with Crippen molar-refractivity contribution in [1.82, 2.24) is 5.32 Å². The van der Waals surface area contributed by atoms with Crippen LogP contribution in [0, 0.1) is 0 Å². The zero-order chi connectivity index (χ0) is 16.4.